The number of rotatable bonds is 8. The maximum atomic E-state index is 12.6. The lowest BCUT2D eigenvalue weighted by Gasteiger charge is -2.23. The van der Waals surface area contributed by atoms with Gasteiger partial charge in [-0.2, -0.15) is 22.6 Å². The fourth-order valence-corrected chi connectivity index (χ4v) is 3.74. The molecule has 2 heterocycles. The number of alkyl halides is 3. The summed E-state index contributed by atoms with van der Waals surface area (Å²) in [4.78, 5) is 17.8. The number of aromatic nitrogens is 3. The lowest BCUT2D eigenvalue weighted by molar-refractivity contribution is -0.130. The van der Waals surface area contributed by atoms with Gasteiger partial charge < -0.3 is 4.90 Å². The van der Waals surface area contributed by atoms with E-state index in [1.54, 1.807) is 25.3 Å². The minimum atomic E-state index is -4.61. The first kappa shape index (κ1) is 23.1. The van der Waals surface area contributed by atoms with Crippen LogP contribution in [-0.2, 0) is 14.8 Å². The van der Waals surface area contributed by atoms with Crippen molar-refractivity contribution in [3.63, 3.8) is 0 Å². The van der Waals surface area contributed by atoms with E-state index >= 15 is 0 Å². The molecule has 0 bridgehead atoms. The molecule has 1 amide bonds. The van der Waals surface area contributed by atoms with Gasteiger partial charge in [0.2, 0.25) is 15.9 Å². The van der Waals surface area contributed by atoms with Crippen LogP contribution in [0.3, 0.4) is 0 Å². The Morgan fingerprint density at radius 2 is 2.03 bits per heavy atom. The molecule has 0 unspecified atom stereocenters. The molecule has 2 aromatic heterocycles. The van der Waals surface area contributed by atoms with Gasteiger partial charge >= 0.3 is 6.18 Å². The predicted molar refractivity (Wildman–Crippen MR) is 101 cm³/mol. The van der Waals surface area contributed by atoms with Crippen molar-refractivity contribution in [3.8, 4) is 5.69 Å². The number of likely N-dealkylation sites (N-methyl/N-ethyl adjacent to an activating group) is 2. The Kier molecular flexibility index (Phi) is 7.25. The van der Waals surface area contributed by atoms with Crippen LogP contribution in [0.4, 0.5) is 18.9 Å². The highest BCUT2D eigenvalue weighted by molar-refractivity contribution is 7.89. The van der Waals surface area contributed by atoms with Crippen LogP contribution in [0, 0.1) is 0 Å². The van der Waals surface area contributed by atoms with Crippen LogP contribution in [-0.4, -0.2) is 65.5 Å². The van der Waals surface area contributed by atoms with E-state index in [-0.39, 0.29) is 17.4 Å². The molecule has 8 nitrogen and oxygen atoms in total. The molecule has 0 aliphatic carbocycles. The van der Waals surface area contributed by atoms with Crippen LogP contribution < -0.4 is 4.90 Å². The number of anilines is 1. The van der Waals surface area contributed by atoms with E-state index in [2.05, 4.69) is 10.1 Å². The zero-order valence-corrected chi connectivity index (χ0v) is 17.2. The first-order chi connectivity index (χ1) is 13.4. The van der Waals surface area contributed by atoms with Crippen molar-refractivity contribution in [1.29, 1.82) is 0 Å². The minimum absolute atomic E-state index is 0.00614. The van der Waals surface area contributed by atoms with E-state index in [9.17, 15) is 26.4 Å². The SMILES string of the molecule is CCN(C(=O)CN(C)S(=O)(=O)CCC(F)(F)F)c1cn(-c2cccnc2)nc1Cl. The van der Waals surface area contributed by atoms with E-state index in [4.69, 9.17) is 11.6 Å². The summed E-state index contributed by atoms with van der Waals surface area (Å²) in [6.45, 7) is 1.16. The number of nitrogens with zero attached hydrogens (tertiary/aromatic N) is 5. The smallest absolute Gasteiger partial charge is 0.307 e. The van der Waals surface area contributed by atoms with Gasteiger partial charge in [-0.1, -0.05) is 11.6 Å². The number of carbonyl (C=O) groups is 1. The number of carbonyl (C=O) groups excluding carboxylic acids is 1. The summed E-state index contributed by atoms with van der Waals surface area (Å²) in [5, 5.41) is 4.11. The quantitative estimate of drug-likeness (QED) is 0.612. The van der Waals surface area contributed by atoms with Crippen molar-refractivity contribution in [2.75, 3.05) is 30.8 Å². The molecule has 29 heavy (non-hydrogen) atoms. The second kappa shape index (κ2) is 9.09. The lowest BCUT2D eigenvalue weighted by atomic mass is 10.4. The molecule has 0 spiro atoms. The van der Waals surface area contributed by atoms with Gasteiger partial charge in [-0.25, -0.2) is 13.1 Å². The molecule has 0 radical (unpaired) electrons. The summed E-state index contributed by atoms with van der Waals surface area (Å²) in [5.74, 6) is -1.79. The first-order valence-corrected chi connectivity index (χ1v) is 10.4. The molecule has 0 aliphatic rings. The molecule has 0 N–H and O–H groups in total. The van der Waals surface area contributed by atoms with Gasteiger partial charge in [0.1, 0.15) is 5.69 Å². The predicted octanol–water partition coefficient (Wildman–Crippen LogP) is 2.49. The number of hydrogen-bond acceptors (Lipinski definition) is 5. The molecule has 0 aromatic carbocycles. The van der Waals surface area contributed by atoms with Crippen molar-refractivity contribution in [2.45, 2.75) is 19.5 Å². The van der Waals surface area contributed by atoms with Gasteiger partial charge in [0.25, 0.3) is 0 Å². The van der Waals surface area contributed by atoms with E-state index in [0.29, 0.717) is 9.99 Å². The third-order valence-electron chi connectivity index (χ3n) is 3.95. The van der Waals surface area contributed by atoms with Crippen molar-refractivity contribution < 1.29 is 26.4 Å². The molecule has 13 heteroatoms. The molecule has 0 fully saturated rings. The van der Waals surface area contributed by atoms with Gasteiger partial charge in [-0.3, -0.25) is 9.78 Å². The van der Waals surface area contributed by atoms with Crippen LogP contribution in [0.2, 0.25) is 5.15 Å². The van der Waals surface area contributed by atoms with Gasteiger partial charge in [-0.05, 0) is 19.1 Å². The highest BCUT2D eigenvalue weighted by atomic mass is 35.5. The average Bonchev–Trinajstić information content (AvgIpc) is 3.02. The third-order valence-corrected chi connectivity index (χ3v) is 6.01. The van der Waals surface area contributed by atoms with Crippen LogP contribution >= 0.6 is 11.6 Å². The van der Waals surface area contributed by atoms with E-state index in [1.807, 2.05) is 0 Å². The molecule has 2 aromatic rings. The highest BCUT2D eigenvalue weighted by Gasteiger charge is 2.32. The Morgan fingerprint density at radius 3 is 2.59 bits per heavy atom. The molecule has 2 rings (SSSR count). The summed E-state index contributed by atoms with van der Waals surface area (Å²) in [5.41, 5.74) is 0.833. The van der Waals surface area contributed by atoms with Crippen molar-refractivity contribution in [1.82, 2.24) is 19.1 Å². The average molecular weight is 454 g/mol. The summed E-state index contributed by atoms with van der Waals surface area (Å²) in [7, 11) is -3.20. The minimum Gasteiger partial charge on any atom is -0.307 e. The fraction of sp³-hybridized carbons (Fsp3) is 0.438. The van der Waals surface area contributed by atoms with Crippen LogP contribution in [0.5, 0.6) is 0 Å². The van der Waals surface area contributed by atoms with E-state index in [1.165, 1.54) is 22.0 Å². The third kappa shape index (κ3) is 6.15. The van der Waals surface area contributed by atoms with Crippen molar-refractivity contribution >= 4 is 33.2 Å². The van der Waals surface area contributed by atoms with Crippen molar-refractivity contribution in [3.05, 3.63) is 35.9 Å². The van der Waals surface area contributed by atoms with Crippen LogP contribution in [0.15, 0.2) is 30.7 Å². The summed E-state index contributed by atoms with van der Waals surface area (Å²) in [6.07, 6.45) is -1.51. The topological polar surface area (TPSA) is 88.4 Å². The Hall–Kier alpha value is -2.18. The number of amides is 1. The molecule has 0 aliphatic heterocycles. The fourth-order valence-electron chi connectivity index (χ4n) is 2.40. The summed E-state index contributed by atoms with van der Waals surface area (Å²) < 4.78 is 63.0. The molecular formula is C16H19ClF3N5O3S. The molecule has 0 atom stereocenters. The Balaban J connectivity index is 2.16. The Bertz CT molecular complexity index is 950. The van der Waals surface area contributed by atoms with Gasteiger partial charge in [-0.15, -0.1) is 0 Å². The number of halogens is 4. The van der Waals surface area contributed by atoms with Crippen LogP contribution in [0.1, 0.15) is 13.3 Å². The zero-order chi connectivity index (χ0) is 21.8. The highest BCUT2D eigenvalue weighted by Crippen LogP contribution is 2.26. The number of pyridine rings is 1. The standard InChI is InChI=1S/C16H19ClF3N5O3S/c1-3-24(13-10-25(22-15(13)17)12-5-4-7-21-9-12)14(26)11-23(2)29(27,28)8-6-16(18,19)20/h4-5,7,9-10H,3,6,8,11H2,1-2H3. The lowest BCUT2D eigenvalue weighted by Crippen LogP contribution is -2.42. The van der Waals surface area contributed by atoms with E-state index in [0.717, 1.165) is 7.05 Å². The van der Waals surface area contributed by atoms with Gasteiger partial charge in [0, 0.05) is 19.8 Å². The normalized spacial score (nSPS) is 12.4. The maximum Gasteiger partial charge on any atom is 0.390 e. The molecule has 0 saturated heterocycles. The second-order valence-electron chi connectivity index (χ2n) is 6.04. The zero-order valence-electron chi connectivity index (χ0n) is 15.6. The molecule has 160 valence electrons. The molecule has 0 saturated carbocycles. The Morgan fingerprint density at radius 1 is 1.34 bits per heavy atom. The number of hydrogen-bond donors (Lipinski definition) is 0. The van der Waals surface area contributed by atoms with Crippen molar-refractivity contribution in [2.24, 2.45) is 0 Å². The van der Waals surface area contributed by atoms with Gasteiger partial charge in [0.15, 0.2) is 5.15 Å². The monoisotopic (exact) mass is 453 g/mol. The Labute approximate surface area is 170 Å². The van der Waals surface area contributed by atoms with Crippen LogP contribution in [0.25, 0.3) is 5.69 Å². The largest absolute Gasteiger partial charge is 0.390 e. The van der Waals surface area contributed by atoms with Gasteiger partial charge in [0.05, 0.1) is 36.8 Å². The molecular weight excluding hydrogens is 435 g/mol. The van der Waals surface area contributed by atoms with E-state index < -0.39 is 40.8 Å². The summed E-state index contributed by atoms with van der Waals surface area (Å²) >= 11 is 6.14. The maximum absolute atomic E-state index is 12.6. The number of sulfonamides is 1. The summed E-state index contributed by atoms with van der Waals surface area (Å²) in [6, 6.07) is 3.41. The first-order valence-electron chi connectivity index (χ1n) is 8.41. The second-order valence-corrected chi connectivity index (χ2v) is 8.59.